The highest BCUT2D eigenvalue weighted by Crippen LogP contribution is 2.36. The summed E-state index contributed by atoms with van der Waals surface area (Å²) in [5, 5.41) is 3.87. The molecule has 0 saturated carbocycles. The highest BCUT2D eigenvalue weighted by Gasteiger charge is 2.33. The number of ether oxygens (including phenoxy) is 2. The maximum absolute atomic E-state index is 13.4. The van der Waals surface area contributed by atoms with E-state index in [0.717, 1.165) is 48.2 Å². The topological polar surface area (TPSA) is 103 Å². The van der Waals surface area contributed by atoms with Crippen molar-refractivity contribution in [2.45, 2.75) is 88.8 Å². The smallest absolute Gasteiger partial charge is 0.416 e. The van der Waals surface area contributed by atoms with Gasteiger partial charge in [-0.15, -0.1) is 11.8 Å². The van der Waals surface area contributed by atoms with E-state index < -0.39 is 58.1 Å². The number of halogens is 6. The number of hydrogen-bond donors (Lipinski definition) is 2. The molecular weight excluding hydrogens is 650 g/mol. The normalized spacial score (nSPS) is 13.1. The number of anilines is 2. The first-order valence-corrected chi connectivity index (χ1v) is 15.3. The summed E-state index contributed by atoms with van der Waals surface area (Å²) < 4.78 is 95.5. The largest absolute Gasteiger partial charge is 0.444 e. The third-order valence-corrected chi connectivity index (χ3v) is 7.19. The summed E-state index contributed by atoms with van der Waals surface area (Å²) in [5.74, 6) is -1.24. The highest BCUT2D eigenvalue weighted by molar-refractivity contribution is 8.00. The van der Waals surface area contributed by atoms with Gasteiger partial charge in [0.2, 0.25) is 0 Å². The second-order valence-electron chi connectivity index (χ2n) is 11.6. The molecule has 2 N–H and O–H groups in total. The minimum Gasteiger partial charge on any atom is -0.444 e. The monoisotopic (exact) mass is 684 g/mol. The molecule has 2 amide bonds. The van der Waals surface area contributed by atoms with Crippen molar-refractivity contribution in [1.82, 2.24) is 0 Å². The Morgan fingerprint density at radius 1 is 0.711 bits per heavy atom. The van der Waals surface area contributed by atoms with Crippen molar-refractivity contribution < 1.29 is 54.4 Å². The molecule has 0 spiro atoms. The first-order valence-electron chi connectivity index (χ1n) is 13.3. The number of carbonyl (C=O) groups is 3. The zero-order valence-electron chi connectivity index (χ0n) is 25.5. The minimum absolute atomic E-state index is 0.00406. The lowest BCUT2D eigenvalue weighted by atomic mass is 10.1. The Hall–Kier alpha value is -3.27. The third-order valence-electron chi connectivity index (χ3n) is 5.31. The van der Waals surface area contributed by atoms with E-state index in [1.54, 1.807) is 41.5 Å². The van der Waals surface area contributed by atoms with Gasteiger partial charge in [-0.2, -0.15) is 26.3 Å². The van der Waals surface area contributed by atoms with Gasteiger partial charge in [-0.1, -0.05) is 0 Å². The fourth-order valence-electron chi connectivity index (χ4n) is 3.35. The van der Waals surface area contributed by atoms with Crippen LogP contribution in [0, 0.1) is 0 Å². The summed E-state index contributed by atoms with van der Waals surface area (Å²) in [6.45, 7) is 11.1. The minimum atomic E-state index is -4.67. The molecule has 0 unspecified atom stereocenters. The Kier molecular flexibility index (Phi) is 12.5. The van der Waals surface area contributed by atoms with Crippen molar-refractivity contribution in [3.05, 3.63) is 58.7 Å². The van der Waals surface area contributed by atoms with Crippen LogP contribution < -0.4 is 10.6 Å². The van der Waals surface area contributed by atoms with Gasteiger partial charge in [-0.3, -0.25) is 10.6 Å². The van der Waals surface area contributed by atoms with Crippen molar-refractivity contribution in [1.29, 1.82) is 0 Å². The Bertz CT molecular complexity index is 1370. The second-order valence-corrected chi connectivity index (χ2v) is 13.6. The van der Waals surface area contributed by atoms with E-state index in [4.69, 9.17) is 13.7 Å². The van der Waals surface area contributed by atoms with Crippen molar-refractivity contribution >= 4 is 53.3 Å². The molecular formula is C29H34F6N2O6S2. The second kappa shape index (κ2) is 14.9. The molecule has 0 aliphatic heterocycles. The van der Waals surface area contributed by atoms with Crippen LogP contribution in [-0.2, 0) is 42.3 Å². The van der Waals surface area contributed by atoms with Crippen LogP contribution in [0.3, 0.4) is 0 Å². The molecule has 8 nitrogen and oxygen atoms in total. The quantitative estimate of drug-likeness (QED) is 0.199. The third kappa shape index (κ3) is 13.3. The van der Waals surface area contributed by atoms with E-state index >= 15 is 0 Å². The van der Waals surface area contributed by atoms with Crippen molar-refractivity contribution in [3.8, 4) is 0 Å². The zero-order valence-corrected chi connectivity index (χ0v) is 27.1. The molecule has 0 saturated heterocycles. The summed E-state index contributed by atoms with van der Waals surface area (Å²) >= 11 is 1.43. The lowest BCUT2D eigenvalue weighted by molar-refractivity contribution is -0.138. The fourth-order valence-corrected chi connectivity index (χ4v) is 4.95. The highest BCUT2D eigenvalue weighted by atomic mass is 32.2. The van der Waals surface area contributed by atoms with Gasteiger partial charge in [0.15, 0.2) is 0 Å². The number of carbonyl (C=O) groups excluding carboxylic acids is 3. The number of alkyl halides is 6. The van der Waals surface area contributed by atoms with Crippen LogP contribution in [0.2, 0.25) is 0 Å². The van der Waals surface area contributed by atoms with Crippen LogP contribution in [0.15, 0.2) is 36.4 Å². The molecule has 2 aromatic rings. The van der Waals surface area contributed by atoms with Gasteiger partial charge < -0.3 is 13.7 Å². The maximum Gasteiger partial charge on any atom is 0.416 e. The molecule has 0 heterocycles. The van der Waals surface area contributed by atoms with Crippen LogP contribution in [-0.4, -0.2) is 34.6 Å². The van der Waals surface area contributed by atoms with Gasteiger partial charge in [0, 0.05) is 17.1 Å². The van der Waals surface area contributed by atoms with Gasteiger partial charge in [-0.25, -0.2) is 14.4 Å². The molecule has 2 rings (SSSR count). The summed E-state index contributed by atoms with van der Waals surface area (Å²) in [5.41, 5.74) is -3.55. The van der Waals surface area contributed by atoms with Gasteiger partial charge in [-0.05, 0) is 96.0 Å². The van der Waals surface area contributed by atoms with E-state index in [-0.39, 0.29) is 34.0 Å². The number of hydrogen-bond acceptors (Lipinski definition) is 8. The van der Waals surface area contributed by atoms with E-state index in [1.807, 2.05) is 0 Å². The molecule has 0 aliphatic carbocycles. The molecule has 0 aliphatic rings. The molecule has 16 heteroatoms. The predicted molar refractivity (Wildman–Crippen MR) is 161 cm³/mol. The fraction of sp³-hybridized carbons (Fsp3) is 0.483. The van der Waals surface area contributed by atoms with Crippen molar-refractivity contribution in [2.24, 2.45) is 0 Å². The summed E-state index contributed by atoms with van der Waals surface area (Å²) in [4.78, 5) is 37.1. The molecule has 0 fully saturated rings. The first kappa shape index (κ1) is 37.9. The number of rotatable bonds is 9. The average Bonchev–Trinajstić information content (AvgIpc) is 2.85. The molecule has 1 atom stereocenters. The van der Waals surface area contributed by atoms with Crippen LogP contribution in [0.4, 0.5) is 47.3 Å². The molecule has 0 radical (unpaired) electrons. The van der Waals surface area contributed by atoms with Crippen LogP contribution in [0.25, 0.3) is 0 Å². The van der Waals surface area contributed by atoms with Crippen molar-refractivity contribution in [3.63, 3.8) is 0 Å². The average molecular weight is 685 g/mol. The van der Waals surface area contributed by atoms with E-state index in [2.05, 4.69) is 10.6 Å². The van der Waals surface area contributed by atoms with Crippen molar-refractivity contribution in [2.75, 3.05) is 10.6 Å². The van der Waals surface area contributed by atoms with E-state index in [0.29, 0.717) is 12.0 Å². The Labute approximate surface area is 265 Å². The summed E-state index contributed by atoms with van der Waals surface area (Å²) in [6, 6.07) is 5.37. The number of amides is 2. The van der Waals surface area contributed by atoms with Gasteiger partial charge in [0.1, 0.15) is 16.5 Å². The van der Waals surface area contributed by atoms with E-state index in [9.17, 15) is 40.7 Å². The van der Waals surface area contributed by atoms with Crippen LogP contribution in [0.5, 0.6) is 0 Å². The zero-order chi connectivity index (χ0) is 34.4. The number of nitrogens with one attached hydrogen (secondary N) is 2. The summed E-state index contributed by atoms with van der Waals surface area (Å²) in [7, 11) is 0. The summed E-state index contributed by atoms with van der Waals surface area (Å²) in [6.07, 6.45) is -11.1. The number of thioether (sulfide) groups is 1. The molecule has 0 aromatic heterocycles. The van der Waals surface area contributed by atoms with Gasteiger partial charge in [0.05, 0.1) is 28.9 Å². The standard InChI is InChI=1S/C29H34F6N2O6S2/c1-16(44-14-17-12-19(28(30,31)32)8-10-21(17)36-24(39)41-26(2,3)4)23(38)43-45-15-18-13-20(29(33,34)35)9-11-22(18)37-25(40)42-27(5,6)7/h8-13,16H,14-15H2,1-7H3,(H,36,39)(H,37,40)/t16-/m1/s1. The van der Waals surface area contributed by atoms with Crippen LogP contribution in [0.1, 0.15) is 70.7 Å². The lowest BCUT2D eigenvalue weighted by Crippen LogP contribution is -2.27. The predicted octanol–water partition coefficient (Wildman–Crippen LogP) is 9.43. The molecule has 0 bridgehead atoms. The Morgan fingerprint density at radius 2 is 1.11 bits per heavy atom. The van der Waals surface area contributed by atoms with Crippen LogP contribution >= 0.6 is 23.8 Å². The Morgan fingerprint density at radius 3 is 1.49 bits per heavy atom. The maximum atomic E-state index is 13.4. The Balaban J connectivity index is 2.12. The SMILES string of the molecule is C[C@@H](SCc1cc(C(F)(F)F)ccc1NC(=O)OC(C)(C)C)C(=O)OSCc1cc(C(F)(F)F)ccc1NC(=O)OC(C)(C)C. The first-order chi connectivity index (χ1) is 20.4. The molecule has 2 aromatic carbocycles. The number of benzene rings is 2. The molecule has 45 heavy (non-hydrogen) atoms. The van der Waals surface area contributed by atoms with Gasteiger partial charge >= 0.3 is 30.5 Å². The van der Waals surface area contributed by atoms with E-state index in [1.165, 1.54) is 6.92 Å². The molecule has 250 valence electrons. The van der Waals surface area contributed by atoms with Gasteiger partial charge in [0.25, 0.3) is 0 Å². The lowest BCUT2D eigenvalue weighted by Gasteiger charge is -2.21.